The third kappa shape index (κ3) is 4.21. The fraction of sp³-hybridized carbons (Fsp3) is 0.500. The van der Waals surface area contributed by atoms with Crippen molar-refractivity contribution >= 4 is 17.5 Å². The zero-order valence-corrected chi connectivity index (χ0v) is 12.9. The van der Waals surface area contributed by atoms with Gasteiger partial charge in [-0.3, -0.25) is 9.59 Å². The molecule has 1 saturated heterocycles. The summed E-state index contributed by atoms with van der Waals surface area (Å²) in [5.74, 6) is -1.07. The molecule has 2 rings (SSSR count). The number of aliphatic hydroxyl groups is 1. The van der Waals surface area contributed by atoms with E-state index >= 15 is 0 Å². The Kier molecular flexibility index (Phi) is 5.77. The molecule has 2 N–H and O–H groups in total. The molecule has 0 radical (unpaired) electrons. The average Bonchev–Trinajstić information content (AvgIpc) is 2.54. The van der Waals surface area contributed by atoms with E-state index in [2.05, 4.69) is 35.3 Å². The molecule has 0 aliphatic carbocycles. The van der Waals surface area contributed by atoms with Gasteiger partial charge in [-0.1, -0.05) is 12.1 Å². The summed E-state index contributed by atoms with van der Waals surface area (Å²) in [5, 5.41) is 11.2. The largest absolute Gasteiger partial charge is 0.396 e. The number of nitrogens with one attached hydrogen (secondary N) is 1. The molecule has 6 heteroatoms. The van der Waals surface area contributed by atoms with Crippen molar-refractivity contribution in [1.82, 2.24) is 10.2 Å². The van der Waals surface area contributed by atoms with E-state index in [1.54, 1.807) is 4.90 Å². The Hall–Kier alpha value is -2.08. The zero-order chi connectivity index (χ0) is 15.9. The van der Waals surface area contributed by atoms with Crippen LogP contribution in [0.4, 0.5) is 5.69 Å². The molecular weight excluding hydrogens is 282 g/mol. The number of benzene rings is 1. The van der Waals surface area contributed by atoms with Crippen LogP contribution in [-0.2, 0) is 9.59 Å². The van der Waals surface area contributed by atoms with Gasteiger partial charge in [0, 0.05) is 45.0 Å². The van der Waals surface area contributed by atoms with Crippen LogP contribution in [0.3, 0.4) is 0 Å². The summed E-state index contributed by atoms with van der Waals surface area (Å²) in [7, 11) is 0. The summed E-state index contributed by atoms with van der Waals surface area (Å²) in [6.07, 6.45) is 0.458. The van der Waals surface area contributed by atoms with Crippen molar-refractivity contribution in [3.63, 3.8) is 0 Å². The number of aryl methyl sites for hydroxylation is 1. The highest BCUT2D eigenvalue weighted by Crippen LogP contribution is 2.17. The molecule has 0 unspecified atom stereocenters. The van der Waals surface area contributed by atoms with Crippen molar-refractivity contribution in [3.05, 3.63) is 29.8 Å². The summed E-state index contributed by atoms with van der Waals surface area (Å²) in [5.41, 5.74) is 2.36. The van der Waals surface area contributed by atoms with Gasteiger partial charge in [0.2, 0.25) is 0 Å². The SMILES string of the molecule is Cc1cccc(N2CCN(C(=O)C(=O)NCCCO)CC2)c1. The van der Waals surface area contributed by atoms with Gasteiger partial charge in [-0.25, -0.2) is 0 Å². The standard InChI is InChI=1S/C16H23N3O3/c1-13-4-2-5-14(12-13)18-7-9-19(10-8-18)16(22)15(21)17-6-3-11-20/h2,4-5,12,20H,3,6-11H2,1H3,(H,17,21). The number of piperazine rings is 1. The van der Waals surface area contributed by atoms with Gasteiger partial charge in [0.05, 0.1) is 0 Å². The molecule has 0 saturated carbocycles. The van der Waals surface area contributed by atoms with Gasteiger partial charge in [0.25, 0.3) is 0 Å². The third-order valence-electron chi connectivity index (χ3n) is 3.75. The van der Waals surface area contributed by atoms with Gasteiger partial charge in [-0.05, 0) is 31.0 Å². The lowest BCUT2D eigenvalue weighted by molar-refractivity contribution is -0.146. The number of anilines is 1. The van der Waals surface area contributed by atoms with Crippen LogP contribution in [0.15, 0.2) is 24.3 Å². The summed E-state index contributed by atoms with van der Waals surface area (Å²) >= 11 is 0. The van der Waals surface area contributed by atoms with Crippen LogP contribution in [0.1, 0.15) is 12.0 Å². The van der Waals surface area contributed by atoms with E-state index in [4.69, 9.17) is 5.11 Å². The molecule has 120 valence electrons. The predicted octanol–water partition coefficient (Wildman–Crippen LogP) is 0.142. The van der Waals surface area contributed by atoms with Gasteiger partial charge >= 0.3 is 11.8 Å². The molecule has 6 nitrogen and oxygen atoms in total. The van der Waals surface area contributed by atoms with E-state index in [9.17, 15) is 9.59 Å². The number of rotatable bonds is 4. The number of aliphatic hydroxyl groups excluding tert-OH is 1. The minimum Gasteiger partial charge on any atom is -0.396 e. The number of carbonyl (C=O) groups excluding carboxylic acids is 2. The first-order valence-corrected chi connectivity index (χ1v) is 7.61. The number of nitrogens with zero attached hydrogens (tertiary/aromatic N) is 2. The Labute approximate surface area is 130 Å². The highest BCUT2D eigenvalue weighted by Gasteiger charge is 2.25. The third-order valence-corrected chi connectivity index (χ3v) is 3.75. The molecule has 0 atom stereocenters. The van der Waals surface area contributed by atoms with Crippen LogP contribution in [0.5, 0.6) is 0 Å². The Balaban J connectivity index is 1.84. The molecule has 1 aliphatic rings. The Morgan fingerprint density at radius 2 is 1.95 bits per heavy atom. The lowest BCUT2D eigenvalue weighted by Gasteiger charge is -2.35. The minimum absolute atomic E-state index is 0.00361. The van der Waals surface area contributed by atoms with Crippen molar-refractivity contribution < 1.29 is 14.7 Å². The quantitative estimate of drug-likeness (QED) is 0.613. The van der Waals surface area contributed by atoms with E-state index in [0.29, 0.717) is 26.1 Å². The molecule has 0 aromatic heterocycles. The molecule has 1 aromatic carbocycles. The Bertz CT molecular complexity index is 525. The summed E-state index contributed by atoms with van der Waals surface area (Å²) < 4.78 is 0. The Morgan fingerprint density at radius 3 is 2.59 bits per heavy atom. The maximum Gasteiger partial charge on any atom is 0.312 e. The van der Waals surface area contributed by atoms with Crippen molar-refractivity contribution in [2.75, 3.05) is 44.2 Å². The van der Waals surface area contributed by atoms with Crippen molar-refractivity contribution in [3.8, 4) is 0 Å². The van der Waals surface area contributed by atoms with Crippen LogP contribution in [0.25, 0.3) is 0 Å². The van der Waals surface area contributed by atoms with Gasteiger partial charge < -0.3 is 20.2 Å². The monoisotopic (exact) mass is 305 g/mol. The normalized spacial score (nSPS) is 14.8. The number of amides is 2. The molecule has 0 bridgehead atoms. The van der Waals surface area contributed by atoms with E-state index in [-0.39, 0.29) is 6.61 Å². The van der Waals surface area contributed by atoms with E-state index in [0.717, 1.165) is 18.8 Å². The van der Waals surface area contributed by atoms with Crippen LogP contribution in [-0.4, -0.2) is 61.2 Å². The first-order chi connectivity index (χ1) is 10.6. The number of hydrogen-bond donors (Lipinski definition) is 2. The number of carbonyl (C=O) groups is 2. The van der Waals surface area contributed by atoms with Crippen molar-refractivity contribution in [2.45, 2.75) is 13.3 Å². The maximum absolute atomic E-state index is 12.0. The molecule has 1 aliphatic heterocycles. The number of hydrogen-bond acceptors (Lipinski definition) is 4. The molecule has 1 fully saturated rings. The summed E-state index contributed by atoms with van der Waals surface area (Å²) in [6.45, 7) is 4.91. The van der Waals surface area contributed by atoms with E-state index < -0.39 is 11.8 Å². The lowest BCUT2D eigenvalue weighted by atomic mass is 10.2. The van der Waals surface area contributed by atoms with E-state index in [1.165, 1.54) is 5.56 Å². The molecule has 1 heterocycles. The summed E-state index contributed by atoms with van der Waals surface area (Å²) in [4.78, 5) is 27.5. The fourth-order valence-corrected chi connectivity index (χ4v) is 2.49. The van der Waals surface area contributed by atoms with Crippen LogP contribution >= 0.6 is 0 Å². The smallest absolute Gasteiger partial charge is 0.312 e. The van der Waals surface area contributed by atoms with Crippen molar-refractivity contribution in [1.29, 1.82) is 0 Å². The van der Waals surface area contributed by atoms with Crippen LogP contribution in [0.2, 0.25) is 0 Å². The van der Waals surface area contributed by atoms with Gasteiger partial charge in [-0.2, -0.15) is 0 Å². The van der Waals surface area contributed by atoms with Crippen molar-refractivity contribution in [2.24, 2.45) is 0 Å². The Morgan fingerprint density at radius 1 is 1.23 bits per heavy atom. The first-order valence-electron chi connectivity index (χ1n) is 7.61. The summed E-state index contributed by atoms with van der Waals surface area (Å²) in [6, 6.07) is 8.27. The second-order valence-electron chi connectivity index (χ2n) is 5.45. The molecule has 22 heavy (non-hydrogen) atoms. The fourth-order valence-electron chi connectivity index (χ4n) is 2.49. The van der Waals surface area contributed by atoms with Gasteiger partial charge in [-0.15, -0.1) is 0 Å². The van der Waals surface area contributed by atoms with Crippen LogP contribution in [0, 0.1) is 6.92 Å². The second kappa shape index (κ2) is 7.79. The first kappa shape index (κ1) is 16.3. The topological polar surface area (TPSA) is 72.9 Å². The maximum atomic E-state index is 12.0. The molecular formula is C16H23N3O3. The zero-order valence-electron chi connectivity index (χ0n) is 12.9. The highest BCUT2D eigenvalue weighted by atomic mass is 16.3. The minimum atomic E-state index is -0.586. The van der Waals surface area contributed by atoms with Gasteiger partial charge in [0.1, 0.15) is 0 Å². The lowest BCUT2D eigenvalue weighted by Crippen LogP contribution is -2.52. The molecule has 1 aromatic rings. The van der Waals surface area contributed by atoms with Crippen LogP contribution < -0.4 is 10.2 Å². The highest BCUT2D eigenvalue weighted by molar-refractivity contribution is 6.35. The second-order valence-corrected chi connectivity index (χ2v) is 5.45. The molecule has 2 amide bonds. The molecule has 0 spiro atoms. The van der Waals surface area contributed by atoms with Gasteiger partial charge in [0.15, 0.2) is 0 Å². The average molecular weight is 305 g/mol. The van der Waals surface area contributed by atoms with E-state index in [1.807, 2.05) is 6.07 Å². The predicted molar refractivity (Wildman–Crippen MR) is 84.7 cm³/mol.